The predicted molar refractivity (Wildman–Crippen MR) is 104 cm³/mol. The molecule has 4 heteroatoms. The molecule has 2 aromatic rings. The summed E-state index contributed by atoms with van der Waals surface area (Å²) in [4.78, 5) is 13.1. The van der Waals surface area contributed by atoms with Crippen LogP contribution in [-0.4, -0.2) is 20.8 Å². The summed E-state index contributed by atoms with van der Waals surface area (Å²) in [7, 11) is 0. The van der Waals surface area contributed by atoms with Gasteiger partial charge in [0.1, 0.15) is 0 Å². The molecule has 1 fully saturated rings. The molecular weight excluding hydrogens is 322 g/mol. The SMILES string of the molecule is Cc1cccc(C(=O)C2CCC[C@H](Cn3cc(C(C)(C)C)nn3)C2)c1C. The summed E-state index contributed by atoms with van der Waals surface area (Å²) in [6, 6.07) is 6.06. The third-order valence-corrected chi connectivity index (χ3v) is 5.78. The van der Waals surface area contributed by atoms with Gasteiger partial charge in [-0.05, 0) is 50.2 Å². The van der Waals surface area contributed by atoms with E-state index in [2.05, 4.69) is 57.2 Å². The first-order valence-corrected chi connectivity index (χ1v) is 9.76. The highest BCUT2D eigenvalue weighted by atomic mass is 16.1. The molecule has 0 saturated heterocycles. The van der Waals surface area contributed by atoms with Crippen molar-refractivity contribution in [2.45, 2.75) is 72.3 Å². The molecule has 0 bridgehead atoms. The van der Waals surface area contributed by atoms with E-state index in [4.69, 9.17) is 0 Å². The van der Waals surface area contributed by atoms with Gasteiger partial charge in [-0.2, -0.15) is 0 Å². The smallest absolute Gasteiger partial charge is 0.166 e. The van der Waals surface area contributed by atoms with Crippen molar-refractivity contribution in [3.8, 4) is 0 Å². The number of ketones is 1. The number of aryl methyl sites for hydroxylation is 1. The van der Waals surface area contributed by atoms with Gasteiger partial charge in [-0.25, -0.2) is 0 Å². The summed E-state index contributed by atoms with van der Waals surface area (Å²) >= 11 is 0. The number of carbonyl (C=O) groups is 1. The molecule has 3 rings (SSSR count). The van der Waals surface area contributed by atoms with E-state index in [1.54, 1.807) is 0 Å². The van der Waals surface area contributed by atoms with Crippen molar-refractivity contribution in [2.75, 3.05) is 0 Å². The number of Topliss-reactive ketones (excluding diaryl/α,β-unsaturated/α-hetero) is 1. The fourth-order valence-electron chi connectivity index (χ4n) is 3.93. The maximum absolute atomic E-state index is 13.1. The van der Waals surface area contributed by atoms with Crippen LogP contribution in [0.3, 0.4) is 0 Å². The number of rotatable bonds is 4. The molecule has 0 spiro atoms. The van der Waals surface area contributed by atoms with Gasteiger partial charge in [0.05, 0.1) is 5.69 Å². The Bertz CT molecular complexity index is 785. The van der Waals surface area contributed by atoms with Crippen molar-refractivity contribution < 1.29 is 4.79 Å². The van der Waals surface area contributed by atoms with Crippen molar-refractivity contribution in [1.82, 2.24) is 15.0 Å². The molecule has 1 aromatic heterocycles. The summed E-state index contributed by atoms with van der Waals surface area (Å²) < 4.78 is 1.97. The molecule has 1 unspecified atom stereocenters. The van der Waals surface area contributed by atoms with Crippen LogP contribution in [-0.2, 0) is 12.0 Å². The van der Waals surface area contributed by atoms with Gasteiger partial charge in [0.25, 0.3) is 0 Å². The van der Waals surface area contributed by atoms with E-state index in [1.807, 2.05) is 16.8 Å². The molecule has 26 heavy (non-hydrogen) atoms. The Morgan fingerprint density at radius 2 is 2.00 bits per heavy atom. The van der Waals surface area contributed by atoms with Crippen LogP contribution in [0.15, 0.2) is 24.4 Å². The van der Waals surface area contributed by atoms with E-state index in [0.29, 0.717) is 11.7 Å². The van der Waals surface area contributed by atoms with Gasteiger partial charge in [-0.3, -0.25) is 9.48 Å². The average Bonchev–Trinajstić information content (AvgIpc) is 3.06. The Labute approximate surface area is 157 Å². The first-order valence-electron chi connectivity index (χ1n) is 9.76. The van der Waals surface area contributed by atoms with Gasteiger partial charge < -0.3 is 0 Å². The molecule has 0 N–H and O–H groups in total. The standard InChI is InChI=1S/C22H31N3O/c1-15-8-6-11-19(16(15)2)21(26)18-10-7-9-17(12-18)13-25-14-20(23-24-25)22(3,4)5/h6,8,11,14,17-18H,7,9-10,12-13H2,1-5H3/t17-,18?/m0/s1. The Morgan fingerprint density at radius 1 is 1.23 bits per heavy atom. The molecular formula is C22H31N3O. The third-order valence-electron chi connectivity index (χ3n) is 5.78. The molecule has 1 saturated carbocycles. The maximum atomic E-state index is 13.1. The second-order valence-corrected chi connectivity index (χ2v) is 8.92. The van der Waals surface area contributed by atoms with Crippen molar-refractivity contribution in [1.29, 1.82) is 0 Å². The van der Waals surface area contributed by atoms with E-state index in [9.17, 15) is 4.79 Å². The number of hydrogen-bond acceptors (Lipinski definition) is 3. The van der Waals surface area contributed by atoms with Crippen molar-refractivity contribution in [3.05, 3.63) is 46.8 Å². The summed E-state index contributed by atoms with van der Waals surface area (Å²) in [6.07, 6.45) is 6.31. The number of benzene rings is 1. The minimum atomic E-state index is 0.0199. The van der Waals surface area contributed by atoms with E-state index >= 15 is 0 Å². The average molecular weight is 354 g/mol. The minimum Gasteiger partial charge on any atom is -0.294 e. The Kier molecular flexibility index (Phi) is 5.31. The fraction of sp³-hybridized carbons (Fsp3) is 0.591. The second-order valence-electron chi connectivity index (χ2n) is 8.92. The topological polar surface area (TPSA) is 47.8 Å². The fourth-order valence-corrected chi connectivity index (χ4v) is 3.93. The molecule has 0 radical (unpaired) electrons. The van der Waals surface area contributed by atoms with E-state index in [-0.39, 0.29) is 11.3 Å². The van der Waals surface area contributed by atoms with E-state index in [1.165, 1.54) is 12.0 Å². The van der Waals surface area contributed by atoms with Crippen LogP contribution in [0, 0.1) is 25.7 Å². The lowest BCUT2D eigenvalue weighted by Crippen LogP contribution is -2.26. The molecule has 1 aromatic carbocycles. The maximum Gasteiger partial charge on any atom is 0.166 e. The van der Waals surface area contributed by atoms with Crippen molar-refractivity contribution in [2.24, 2.45) is 11.8 Å². The molecule has 0 aliphatic heterocycles. The van der Waals surface area contributed by atoms with Crippen molar-refractivity contribution >= 4 is 5.78 Å². The van der Waals surface area contributed by atoms with Gasteiger partial charge in [0.2, 0.25) is 0 Å². The molecule has 1 aliphatic rings. The molecule has 1 aliphatic carbocycles. The summed E-state index contributed by atoms with van der Waals surface area (Å²) in [6.45, 7) is 11.5. The molecule has 0 amide bonds. The zero-order valence-corrected chi connectivity index (χ0v) is 16.7. The number of nitrogens with zero attached hydrogens (tertiary/aromatic N) is 3. The van der Waals surface area contributed by atoms with Crippen LogP contribution in [0.5, 0.6) is 0 Å². The van der Waals surface area contributed by atoms with E-state index < -0.39 is 0 Å². The highest BCUT2D eigenvalue weighted by Crippen LogP contribution is 2.33. The van der Waals surface area contributed by atoms with Gasteiger partial charge in [0.15, 0.2) is 5.78 Å². The van der Waals surface area contributed by atoms with Crippen LogP contribution in [0.1, 0.15) is 73.6 Å². The van der Waals surface area contributed by atoms with Gasteiger partial charge >= 0.3 is 0 Å². The lowest BCUT2D eigenvalue weighted by Gasteiger charge is -2.28. The van der Waals surface area contributed by atoms with Crippen molar-refractivity contribution in [3.63, 3.8) is 0 Å². The number of carbonyl (C=O) groups excluding carboxylic acids is 1. The zero-order valence-electron chi connectivity index (χ0n) is 16.7. The van der Waals surface area contributed by atoms with Gasteiger partial charge in [-0.15, -0.1) is 5.10 Å². The van der Waals surface area contributed by atoms with Crippen LogP contribution < -0.4 is 0 Å². The van der Waals surface area contributed by atoms with Crippen LogP contribution in [0.25, 0.3) is 0 Å². The number of hydrogen-bond donors (Lipinski definition) is 0. The van der Waals surface area contributed by atoms with E-state index in [0.717, 1.165) is 42.6 Å². The number of aromatic nitrogens is 3. The van der Waals surface area contributed by atoms with Gasteiger partial charge in [-0.1, -0.05) is 50.6 Å². The lowest BCUT2D eigenvalue weighted by molar-refractivity contribution is 0.0854. The molecule has 4 nitrogen and oxygen atoms in total. The van der Waals surface area contributed by atoms with Crippen LogP contribution in [0.2, 0.25) is 0 Å². The molecule has 1 heterocycles. The lowest BCUT2D eigenvalue weighted by atomic mass is 9.77. The minimum absolute atomic E-state index is 0.0199. The first-order chi connectivity index (χ1) is 12.3. The Balaban J connectivity index is 1.68. The van der Waals surface area contributed by atoms with Crippen LogP contribution in [0.4, 0.5) is 0 Å². The first kappa shape index (κ1) is 18.8. The summed E-state index contributed by atoms with van der Waals surface area (Å²) in [5.74, 6) is 0.960. The highest BCUT2D eigenvalue weighted by Gasteiger charge is 2.29. The quantitative estimate of drug-likeness (QED) is 0.736. The largest absolute Gasteiger partial charge is 0.294 e. The Hall–Kier alpha value is -1.97. The van der Waals surface area contributed by atoms with Crippen LogP contribution >= 0.6 is 0 Å². The normalized spacial score (nSPS) is 21.0. The highest BCUT2D eigenvalue weighted by molar-refractivity contribution is 5.99. The second kappa shape index (κ2) is 7.34. The third kappa shape index (κ3) is 4.05. The van der Waals surface area contributed by atoms with Gasteiger partial charge in [0, 0.05) is 29.6 Å². The zero-order chi connectivity index (χ0) is 18.9. The summed E-state index contributed by atoms with van der Waals surface area (Å²) in [5, 5.41) is 8.63. The summed E-state index contributed by atoms with van der Waals surface area (Å²) in [5.41, 5.74) is 4.28. The molecule has 2 atom stereocenters. The Morgan fingerprint density at radius 3 is 2.69 bits per heavy atom. The molecule has 140 valence electrons. The predicted octanol–water partition coefficient (Wildman–Crippen LogP) is 4.88. The monoisotopic (exact) mass is 353 g/mol.